The maximum Gasteiger partial charge on any atom is 0.416 e. The van der Waals surface area contributed by atoms with E-state index in [9.17, 15) is 13.2 Å². The fraction of sp³-hybridized carbons (Fsp3) is 0.318. The molecule has 3 aromatic heterocycles. The van der Waals surface area contributed by atoms with Crippen molar-refractivity contribution in [3.05, 3.63) is 48.5 Å². The molecule has 4 rings (SSSR count). The minimum atomic E-state index is -4.40. The van der Waals surface area contributed by atoms with E-state index in [1.54, 1.807) is 24.8 Å². The Morgan fingerprint density at radius 2 is 1.97 bits per heavy atom. The van der Waals surface area contributed by atoms with Gasteiger partial charge in [-0.05, 0) is 25.5 Å². The number of benzene rings is 1. The molecule has 0 unspecified atom stereocenters. The number of nitrogens with two attached hydrogens (primary N) is 1. The molecule has 4 N–H and O–H groups in total. The molecule has 0 bridgehead atoms. The minimum Gasteiger partial charge on any atom is -0.361 e. The highest BCUT2D eigenvalue weighted by atomic mass is 19.4. The lowest BCUT2D eigenvalue weighted by Crippen LogP contribution is -2.38. The van der Waals surface area contributed by atoms with E-state index in [-0.39, 0.29) is 12.1 Å². The summed E-state index contributed by atoms with van der Waals surface area (Å²) >= 11 is 0. The molecule has 6 nitrogen and oxygen atoms in total. The quantitative estimate of drug-likeness (QED) is 0.396. The first-order chi connectivity index (χ1) is 14.8. The number of aromatic nitrogens is 4. The van der Waals surface area contributed by atoms with Crippen molar-refractivity contribution in [3.63, 3.8) is 0 Å². The zero-order valence-corrected chi connectivity index (χ0v) is 17.2. The molecular formula is C22H23F3N6. The van der Waals surface area contributed by atoms with E-state index in [2.05, 4.69) is 32.2 Å². The topological polar surface area (TPSA) is 92.5 Å². The third kappa shape index (κ3) is 4.18. The van der Waals surface area contributed by atoms with E-state index in [0.717, 1.165) is 35.9 Å². The predicted octanol–water partition coefficient (Wildman–Crippen LogP) is 5.12. The molecule has 0 fully saturated rings. The Bertz CT molecular complexity index is 1220. The fourth-order valence-corrected chi connectivity index (χ4v) is 3.69. The number of hydrogen-bond donors (Lipinski definition) is 3. The molecule has 31 heavy (non-hydrogen) atoms. The van der Waals surface area contributed by atoms with Gasteiger partial charge < -0.3 is 16.0 Å². The summed E-state index contributed by atoms with van der Waals surface area (Å²) in [6.07, 6.45) is 4.13. The van der Waals surface area contributed by atoms with Crippen LogP contribution in [0.5, 0.6) is 0 Å². The molecule has 0 spiro atoms. The van der Waals surface area contributed by atoms with Crippen molar-refractivity contribution in [1.29, 1.82) is 0 Å². The first kappa shape index (κ1) is 21.0. The van der Waals surface area contributed by atoms with Crippen molar-refractivity contribution in [3.8, 4) is 11.1 Å². The molecule has 0 aliphatic carbocycles. The van der Waals surface area contributed by atoms with Gasteiger partial charge in [-0.3, -0.25) is 4.98 Å². The number of anilines is 1. The van der Waals surface area contributed by atoms with Crippen molar-refractivity contribution in [1.82, 2.24) is 19.9 Å². The monoisotopic (exact) mass is 428 g/mol. The van der Waals surface area contributed by atoms with Gasteiger partial charge in [0.1, 0.15) is 0 Å². The summed E-state index contributed by atoms with van der Waals surface area (Å²) in [7, 11) is 0. The van der Waals surface area contributed by atoms with Crippen molar-refractivity contribution in [2.45, 2.75) is 44.9 Å². The van der Waals surface area contributed by atoms with Crippen LogP contribution in [-0.2, 0) is 6.18 Å². The van der Waals surface area contributed by atoms with Gasteiger partial charge in [0.05, 0.1) is 11.1 Å². The predicted molar refractivity (Wildman–Crippen MR) is 116 cm³/mol. The van der Waals surface area contributed by atoms with Gasteiger partial charge in [0, 0.05) is 64.3 Å². The highest BCUT2D eigenvalue weighted by molar-refractivity contribution is 6.03. The van der Waals surface area contributed by atoms with Crippen molar-refractivity contribution in [2.24, 2.45) is 5.73 Å². The Kier molecular flexibility index (Phi) is 5.53. The highest BCUT2D eigenvalue weighted by Gasteiger charge is 2.30. The lowest BCUT2D eigenvalue weighted by Gasteiger charge is -2.21. The van der Waals surface area contributed by atoms with E-state index in [0.29, 0.717) is 27.9 Å². The van der Waals surface area contributed by atoms with Gasteiger partial charge in [-0.15, -0.1) is 0 Å². The Morgan fingerprint density at radius 3 is 2.68 bits per heavy atom. The van der Waals surface area contributed by atoms with Crippen molar-refractivity contribution in [2.75, 3.05) is 5.32 Å². The Hall–Kier alpha value is -3.20. The summed E-state index contributed by atoms with van der Waals surface area (Å²) in [5, 5.41) is 4.70. The number of nitrogens with zero attached hydrogens (tertiary/aromatic N) is 3. The number of hydrogen-bond acceptors (Lipinski definition) is 5. The number of H-pyrrole nitrogens is 1. The van der Waals surface area contributed by atoms with Gasteiger partial charge in [0.15, 0.2) is 0 Å². The standard InChI is InChI=1S/C22H23F3N6/c1-3-4-18(12(2)26)30-21-29-9-13-8-27-10-17(20(13)31-21)16-11-28-19-7-14(22(23,24)25)5-6-15(16)19/h5-12,18,28H,3-4,26H2,1-2H3,(H,29,30,31)/t12-,18+/m0/s1. The molecule has 1 aromatic carbocycles. The summed E-state index contributed by atoms with van der Waals surface area (Å²) in [5.41, 5.74) is 7.88. The van der Waals surface area contributed by atoms with Gasteiger partial charge in [-0.2, -0.15) is 13.2 Å². The van der Waals surface area contributed by atoms with Crippen LogP contribution in [0.1, 0.15) is 32.3 Å². The molecule has 9 heteroatoms. The zero-order chi connectivity index (χ0) is 22.2. The highest BCUT2D eigenvalue weighted by Crippen LogP contribution is 2.36. The van der Waals surface area contributed by atoms with Crippen LogP contribution >= 0.6 is 0 Å². The average molecular weight is 428 g/mol. The fourth-order valence-electron chi connectivity index (χ4n) is 3.69. The maximum atomic E-state index is 13.1. The summed E-state index contributed by atoms with van der Waals surface area (Å²) in [6, 6.07) is 3.61. The van der Waals surface area contributed by atoms with Crippen LogP contribution in [0.4, 0.5) is 19.1 Å². The summed E-state index contributed by atoms with van der Waals surface area (Å²) in [4.78, 5) is 16.3. The zero-order valence-electron chi connectivity index (χ0n) is 17.2. The van der Waals surface area contributed by atoms with Crippen molar-refractivity contribution >= 4 is 27.8 Å². The minimum absolute atomic E-state index is 0.0293. The number of halogens is 3. The second-order valence-corrected chi connectivity index (χ2v) is 7.68. The molecule has 4 aromatic rings. The Balaban J connectivity index is 1.79. The number of rotatable bonds is 6. The second-order valence-electron chi connectivity index (χ2n) is 7.68. The molecule has 162 valence electrons. The first-order valence-electron chi connectivity index (χ1n) is 10.1. The molecule has 0 amide bonds. The molecule has 0 aliphatic heterocycles. The van der Waals surface area contributed by atoms with E-state index >= 15 is 0 Å². The maximum absolute atomic E-state index is 13.1. The van der Waals surface area contributed by atoms with Crippen LogP contribution in [0, 0.1) is 0 Å². The number of fused-ring (bicyclic) bond motifs is 2. The smallest absolute Gasteiger partial charge is 0.361 e. The van der Waals surface area contributed by atoms with Crippen LogP contribution < -0.4 is 11.1 Å². The van der Waals surface area contributed by atoms with E-state index in [1.165, 1.54) is 6.07 Å². The van der Waals surface area contributed by atoms with E-state index in [1.807, 2.05) is 6.92 Å². The summed E-state index contributed by atoms with van der Waals surface area (Å²) < 4.78 is 39.2. The van der Waals surface area contributed by atoms with Gasteiger partial charge in [-0.1, -0.05) is 19.4 Å². The molecule has 0 aliphatic rings. The van der Waals surface area contributed by atoms with Gasteiger partial charge in [0.2, 0.25) is 5.95 Å². The number of pyridine rings is 1. The van der Waals surface area contributed by atoms with E-state index < -0.39 is 11.7 Å². The molecule has 3 heterocycles. The normalized spacial score (nSPS) is 14.1. The van der Waals surface area contributed by atoms with Crippen LogP contribution in [0.3, 0.4) is 0 Å². The number of aromatic amines is 1. The third-order valence-electron chi connectivity index (χ3n) is 5.34. The van der Waals surface area contributed by atoms with Gasteiger partial charge in [-0.25, -0.2) is 9.97 Å². The lowest BCUT2D eigenvalue weighted by atomic mass is 10.0. The van der Waals surface area contributed by atoms with Gasteiger partial charge >= 0.3 is 6.18 Å². The first-order valence-corrected chi connectivity index (χ1v) is 10.1. The molecule has 0 saturated heterocycles. The lowest BCUT2D eigenvalue weighted by molar-refractivity contribution is -0.137. The van der Waals surface area contributed by atoms with Crippen LogP contribution in [0.25, 0.3) is 32.9 Å². The average Bonchev–Trinajstić information content (AvgIpc) is 3.15. The second kappa shape index (κ2) is 8.14. The molecule has 0 radical (unpaired) electrons. The van der Waals surface area contributed by atoms with Crippen LogP contribution in [-0.4, -0.2) is 32.0 Å². The number of alkyl halides is 3. The SMILES string of the molecule is CCC[C@@H](Nc1ncc2cncc(-c3c[nH]c4cc(C(F)(F)F)ccc34)c2n1)[C@H](C)N. The molecule has 2 atom stereocenters. The largest absolute Gasteiger partial charge is 0.416 e. The number of nitrogens with one attached hydrogen (secondary N) is 2. The van der Waals surface area contributed by atoms with Crippen molar-refractivity contribution < 1.29 is 13.2 Å². The summed E-state index contributed by atoms with van der Waals surface area (Å²) in [6.45, 7) is 4.02. The van der Waals surface area contributed by atoms with E-state index in [4.69, 9.17) is 5.73 Å². The van der Waals surface area contributed by atoms with Crippen LogP contribution in [0.15, 0.2) is 43.0 Å². The third-order valence-corrected chi connectivity index (χ3v) is 5.34. The Morgan fingerprint density at radius 1 is 1.16 bits per heavy atom. The van der Waals surface area contributed by atoms with Gasteiger partial charge in [0.25, 0.3) is 0 Å². The summed E-state index contributed by atoms with van der Waals surface area (Å²) in [5.74, 6) is 0.454. The molecule has 0 saturated carbocycles. The molecular weight excluding hydrogens is 405 g/mol. The van der Waals surface area contributed by atoms with Crippen LogP contribution in [0.2, 0.25) is 0 Å². The Labute approximate surface area is 177 Å².